The minimum absolute atomic E-state index is 0.0142. The van der Waals surface area contributed by atoms with E-state index in [-0.39, 0.29) is 11.8 Å². The molecule has 27 heavy (non-hydrogen) atoms. The van der Waals surface area contributed by atoms with Gasteiger partial charge in [-0.05, 0) is 49.1 Å². The van der Waals surface area contributed by atoms with Crippen LogP contribution in [0.4, 0.5) is 5.82 Å². The van der Waals surface area contributed by atoms with Crippen LogP contribution < -0.4 is 10.2 Å². The zero-order chi connectivity index (χ0) is 19.2. The predicted octanol–water partition coefficient (Wildman–Crippen LogP) is 3.84. The highest BCUT2D eigenvalue weighted by atomic mass is 35.5. The van der Waals surface area contributed by atoms with Gasteiger partial charge in [0.1, 0.15) is 11.9 Å². The van der Waals surface area contributed by atoms with E-state index in [1.54, 1.807) is 24.4 Å². The molecule has 0 saturated carbocycles. The maximum absolute atomic E-state index is 12.4. The third kappa shape index (κ3) is 5.12. The number of piperidine rings is 1. The Labute approximate surface area is 168 Å². The maximum atomic E-state index is 12.4. The standard InChI is InChI=1S/C20H20Cl2N4O/c21-17-3-2-15(18(22)11-17)5-8-24-20(27)16-6-9-26(10-7-16)19-4-1-14(12-23)13-25-19/h1-4,11,13,16H,5-10H2,(H,24,27). The SMILES string of the molecule is N#Cc1ccc(N2CCC(C(=O)NCCc3ccc(Cl)cc3Cl)CC2)nc1. The van der Waals surface area contributed by atoms with Crippen molar-refractivity contribution in [3.05, 3.63) is 57.7 Å². The van der Waals surface area contributed by atoms with Crippen LogP contribution in [0.3, 0.4) is 0 Å². The Morgan fingerprint density at radius 3 is 2.67 bits per heavy atom. The number of rotatable bonds is 5. The van der Waals surface area contributed by atoms with Crippen molar-refractivity contribution in [2.24, 2.45) is 5.92 Å². The van der Waals surface area contributed by atoms with E-state index in [1.807, 2.05) is 12.1 Å². The first kappa shape index (κ1) is 19.5. The molecule has 0 aliphatic carbocycles. The molecule has 2 heterocycles. The number of nitriles is 1. The van der Waals surface area contributed by atoms with Crippen molar-refractivity contribution >= 4 is 34.9 Å². The van der Waals surface area contributed by atoms with Crippen LogP contribution in [0.15, 0.2) is 36.5 Å². The van der Waals surface area contributed by atoms with E-state index in [0.717, 1.165) is 37.3 Å². The smallest absolute Gasteiger partial charge is 0.223 e. The van der Waals surface area contributed by atoms with Gasteiger partial charge in [0.05, 0.1) is 5.56 Å². The van der Waals surface area contributed by atoms with Gasteiger partial charge in [0.2, 0.25) is 5.91 Å². The maximum Gasteiger partial charge on any atom is 0.223 e. The molecule has 3 rings (SSSR count). The summed E-state index contributed by atoms with van der Waals surface area (Å²) in [7, 11) is 0. The van der Waals surface area contributed by atoms with Gasteiger partial charge in [0.25, 0.3) is 0 Å². The molecular formula is C20H20Cl2N4O. The van der Waals surface area contributed by atoms with E-state index in [4.69, 9.17) is 28.5 Å². The summed E-state index contributed by atoms with van der Waals surface area (Å²) in [6.07, 6.45) is 3.83. The number of anilines is 1. The molecule has 1 aliphatic heterocycles. The second-order valence-electron chi connectivity index (χ2n) is 6.55. The molecule has 7 heteroatoms. The largest absolute Gasteiger partial charge is 0.357 e. The number of aromatic nitrogens is 1. The zero-order valence-electron chi connectivity index (χ0n) is 14.8. The first-order valence-electron chi connectivity index (χ1n) is 8.89. The van der Waals surface area contributed by atoms with E-state index < -0.39 is 0 Å². The molecule has 1 fully saturated rings. The Morgan fingerprint density at radius 2 is 2.04 bits per heavy atom. The number of hydrogen-bond donors (Lipinski definition) is 1. The minimum Gasteiger partial charge on any atom is -0.357 e. The lowest BCUT2D eigenvalue weighted by molar-refractivity contribution is -0.125. The molecule has 1 saturated heterocycles. The van der Waals surface area contributed by atoms with Crippen LogP contribution in [-0.4, -0.2) is 30.5 Å². The van der Waals surface area contributed by atoms with Gasteiger partial charge in [0, 0.05) is 41.8 Å². The summed E-state index contributed by atoms with van der Waals surface area (Å²) in [6.45, 7) is 2.11. The number of pyridine rings is 1. The third-order valence-corrected chi connectivity index (χ3v) is 5.36. The van der Waals surface area contributed by atoms with E-state index >= 15 is 0 Å². The number of halogens is 2. The lowest BCUT2D eigenvalue weighted by atomic mass is 9.96. The van der Waals surface area contributed by atoms with E-state index in [2.05, 4.69) is 21.3 Å². The number of hydrogen-bond acceptors (Lipinski definition) is 4. The van der Waals surface area contributed by atoms with Gasteiger partial charge >= 0.3 is 0 Å². The molecule has 0 unspecified atom stereocenters. The Balaban J connectivity index is 1.44. The molecule has 1 amide bonds. The van der Waals surface area contributed by atoms with Crippen LogP contribution in [-0.2, 0) is 11.2 Å². The molecule has 140 valence electrons. The van der Waals surface area contributed by atoms with Crippen molar-refractivity contribution in [3.63, 3.8) is 0 Å². The fourth-order valence-electron chi connectivity index (χ4n) is 3.20. The van der Waals surface area contributed by atoms with Gasteiger partial charge in [-0.1, -0.05) is 29.3 Å². The van der Waals surface area contributed by atoms with Crippen molar-refractivity contribution in [3.8, 4) is 6.07 Å². The fraction of sp³-hybridized carbons (Fsp3) is 0.350. The molecule has 0 atom stereocenters. The first-order valence-corrected chi connectivity index (χ1v) is 9.65. The molecule has 1 aromatic carbocycles. The van der Waals surface area contributed by atoms with Crippen LogP contribution in [0, 0.1) is 17.2 Å². The Bertz CT molecular complexity index is 840. The van der Waals surface area contributed by atoms with Crippen molar-refractivity contribution in [2.75, 3.05) is 24.5 Å². The Hall–Kier alpha value is -2.29. The molecule has 0 bridgehead atoms. The summed E-state index contributed by atoms with van der Waals surface area (Å²) < 4.78 is 0. The summed E-state index contributed by atoms with van der Waals surface area (Å²) in [5, 5.41) is 13.1. The van der Waals surface area contributed by atoms with Gasteiger partial charge in [-0.3, -0.25) is 4.79 Å². The number of carbonyl (C=O) groups is 1. The fourth-order valence-corrected chi connectivity index (χ4v) is 3.70. The Morgan fingerprint density at radius 1 is 1.26 bits per heavy atom. The molecular weight excluding hydrogens is 383 g/mol. The molecule has 1 aliphatic rings. The van der Waals surface area contributed by atoms with Gasteiger partial charge < -0.3 is 10.2 Å². The van der Waals surface area contributed by atoms with Crippen LogP contribution in [0.5, 0.6) is 0 Å². The van der Waals surface area contributed by atoms with Gasteiger partial charge in [0.15, 0.2) is 0 Å². The lowest BCUT2D eigenvalue weighted by Crippen LogP contribution is -2.41. The van der Waals surface area contributed by atoms with Crippen LogP contribution in [0.2, 0.25) is 10.0 Å². The molecule has 1 N–H and O–H groups in total. The highest BCUT2D eigenvalue weighted by molar-refractivity contribution is 6.35. The highest BCUT2D eigenvalue weighted by Crippen LogP contribution is 2.23. The molecule has 1 aromatic heterocycles. The third-order valence-electron chi connectivity index (χ3n) is 4.78. The summed E-state index contributed by atoms with van der Waals surface area (Å²) in [6, 6.07) is 11.1. The van der Waals surface area contributed by atoms with E-state index in [9.17, 15) is 4.79 Å². The van der Waals surface area contributed by atoms with Gasteiger partial charge in [-0.2, -0.15) is 5.26 Å². The second kappa shape index (κ2) is 9.07. The number of amides is 1. The van der Waals surface area contributed by atoms with Gasteiger partial charge in [-0.15, -0.1) is 0 Å². The average molecular weight is 403 g/mol. The molecule has 2 aromatic rings. The minimum atomic E-state index is 0.0142. The van der Waals surface area contributed by atoms with Gasteiger partial charge in [-0.25, -0.2) is 4.98 Å². The second-order valence-corrected chi connectivity index (χ2v) is 7.40. The summed E-state index contributed by atoms with van der Waals surface area (Å²) in [5.41, 5.74) is 1.52. The zero-order valence-corrected chi connectivity index (χ0v) is 16.3. The van der Waals surface area contributed by atoms with Crippen LogP contribution >= 0.6 is 23.2 Å². The normalized spacial score (nSPS) is 14.6. The number of nitrogens with one attached hydrogen (secondary N) is 1. The van der Waals surface area contributed by atoms with Crippen molar-refractivity contribution in [2.45, 2.75) is 19.3 Å². The summed E-state index contributed by atoms with van der Waals surface area (Å²) >= 11 is 12.1. The topological polar surface area (TPSA) is 69.0 Å². The van der Waals surface area contributed by atoms with E-state index in [0.29, 0.717) is 28.6 Å². The van der Waals surface area contributed by atoms with Crippen LogP contribution in [0.25, 0.3) is 0 Å². The molecule has 0 spiro atoms. The average Bonchev–Trinajstić information content (AvgIpc) is 2.70. The number of carbonyl (C=O) groups excluding carboxylic acids is 1. The predicted molar refractivity (Wildman–Crippen MR) is 107 cm³/mol. The lowest BCUT2D eigenvalue weighted by Gasteiger charge is -2.32. The Kier molecular flexibility index (Phi) is 6.54. The highest BCUT2D eigenvalue weighted by Gasteiger charge is 2.25. The van der Waals surface area contributed by atoms with Crippen molar-refractivity contribution in [1.82, 2.24) is 10.3 Å². The molecule has 0 radical (unpaired) electrons. The van der Waals surface area contributed by atoms with Crippen molar-refractivity contribution < 1.29 is 4.79 Å². The number of benzene rings is 1. The van der Waals surface area contributed by atoms with Crippen molar-refractivity contribution in [1.29, 1.82) is 5.26 Å². The molecule has 5 nitrogen and oxygen atoms in total. The van der Waals surface area contributed by atoms with E-state index in [1.165, 1.54) is 0 Å². The first-order chi connectivity index (χ1) is 13.1. The summed E-state index contributed by atoms with van der Waals surface area (Å²) in [4.78, 5) is 18.9. The monoisotopic (exact) mass is 402 g/mol. The summed E-state index contributed by atoms with van der Waals surface area (Å²) in [5.74, 6) is 0.957. The quantitative estimate of drug-likeness (QED) is 0.824. The number of nitrogens with zero attached hydrogens (tertiary/aromatic N) is 3. The van der Waals surface area contributed by atoms with Crippen LogP contribution in [0.1, 0.15) is 24.0 Å².